The number of nitrogens with one attached hydrogen (secondary N) is 1. The number of ether oxygens (including phenoxy) is 1. The molecule has 2 rings (SSSR count). The molecule has 2 heterocycles. The summed E-state index contributed by atoms with van der Waals surface area (Å²) in [5.74, 6) is -0.486. The van der Waals surface area contributed by atoms with Crippen LogP contribution >= 0.6 is 0 Å². The summed E-state index contributed by atoms with van der Waals surface area (Å²) in [5, 5.41) is 6.36. The standard InChI is InChI=1S/C9H7N3O3/c1-15-9(14)5-2-6-8(10-3-5)7(4-13)12-11-6/h2-4H,1H3,(H,11,12). The van der Waals surface area contributed by atoms with Gasteiger partial charge in [0.1, 0.15) is 16.7 Å². The molecule has 0 aromatic carbocycles. The third-order valence-electron chi connectivity index (χ3n) is 1.96. The Morgan fingerprint density at radius 1 is 1.60 bits per heavy atom. The van der Waals surface area contributed by atoms with Crippen LogP contribution < -0.4 is 0 Å². The topological polar surface area (TPSA) is 84.9 Å². The number of hydrogen-bond acceptors (Lipinski definition) is 5. The predicted molar refractivity (Wildman–Crippen MR) is 50.6 cm³/mol. The van der Waals surface area contributed by atoms with Crippen molar-refractivity contribution in [3.63, 3.8) is 0 Å². The van der Waals surface area contributed by atoms with Gasteiger partial charge < -0.3 is 4.74 Å². The zero-order valence-corrected chi connectivity index (χ0v) is 7.85. The fourth-order valence-electron chi connectivity index (χ4n) is 1.23. The second-order valence-corrected chi connectivity index (χ2v) is 2.84. The van der Waals surface area contributed by atoms with Gasteiger partial charge >= 0.3 is 5.97 Å². The third-order valence-corrected chi connectivity index (χ3v) is 1.96. The molecule has 0 spiro atoms. The molecule has 0 amide bonds. The van der Waals surface area contributed by atoms with Crippen LogP contribution in [0.5, 0.6) is 0 Å². The first-order chi connectivity index (χ1) is 7.26. The highest BCUT2D eigenvalue weighted by atomic mass is 16.5. The summed E-state index contributed by atoms with van der Waals surface area (Å²) in [6.45, 7) is 0. The number of rotatable bonds is 2. The monoisotopic (exact) mass is 205 g/mol. The Morgan fingerprint density at radius 2 is 2.40 bits per heavy atom. The lowest BCUT2D eigenvalue weighted by Crippen LogP contribution is -2.01. The van der Waals surface area contributed by atoms with Gasteiger partial charge in [0.25, 0.3) is 0 Å². The number of nitrogens with zero attached hydrogens (tertiary/aromatic N) is 2. The van der Waals surface area contributed by atoms with Crippen LogP contribution in [0.4, 0.5) is 0 Å². The van der Waals surface area contributed by atoms with Crippen molar-refractivity contribution in [3.05, 3.63) is 23.5 Å². The normalized spacial score (nSPS) is 10.2. The highest BCUT2D eigenvalue weighted by molar-refractivity contribution is 5.96. The van der Waals surface area contributed by atoms with E-state index in [0.717, 1.165) is 0 Å². The molecular formula is C9H7N3O3. The Balaban J connectivity index is 2.58. The highest BCUT2D eigenvalue weighted by Gasteiger charge is 2.10. The van der Waals surface area contributed by atoms with Crippen molar-refractivity contribution in [3.8, 4) is 0 Å². The number of aromatic nitrogens is 3. The van der Waals surface area contributed by atoms with Gasteiger partial charge in [-0.05, 0) is 6.07 Å². The fraction of sp³-hybridized carbons (Fsp3) is 0.111. The zero-order chi connectivity index (χ0) is 10.8. The molecular weight excluding hydrogens is 198 g/mol. The average Bonchev–Trinajstić information content (AvgIpc) is 2.69. The molecule has 0 radical (unpaired) electrons. The summed E-state index contributed by atoms with van der Waals surface area (Å²) in [4.78, 5) is 25.7. The van der Waals surface area contributed by atoms with Crippen LogP contribution in [0, 0.1) is 0 Å². The lowest BCUT2D eigenvalue weighted by molar-refractivity contribution is 0.0600. The first-order valence-electron chi connectivity index (χ1n) is 4.14. The van der Waals surface area contributed by atoms with Crippen molar-refractivity contribution < 1.29 is 14.3 Å². The number of carbonyl (C=O) groups is 2. The van der Waals surface area contributed by atoms with Crippen molar-refractivity contribution >= 4 is 23.3 Å². The molecule has 0 aliphatic heterocycles. The minimum atomic E-state index is -0.486. The number of hydrogen-bond donors (Lipinski definition) is 1. The first kappa shape index (κ1) is 9.32. The fourth-order valence-corrected chi connectivity index (χ4v) is 1.23. The molecule has 0 aliphatic carbocycles. The summed E-state index contributed by atoms with van der Waals surface area (Å²) in [7, 11) is 1.29. The van der Waals surface area contributed by atoms with Crippen LogP contribution in [0.2, 0.25) is 0 Å². The number of aromatic amines is 1. The van der Waals surface area contributed by atoms with E-state index in [1.54, 1.807) is 0 Å². The number of methoxy groups -OCH3 is 1. The van der Waals surface area contributed by atoms with Gasteiger partial charge in [0.2, 0.25) is 0 Å². The second-order valence-electron chi connectivity index (χ2n) is 2.84. The van der Waals surface area contributed by atoms with Gasteiger partial charge in [-0.2, -0.15) is 5.10 Å². The molecule has 1 N–H and O–H groups in total. The van der Waals surface area contributed by atoms with Gasteiger partial charge in [0.15, 0.2) is 6.29 Å². The molecule has 0 aliphatic rings. The molecule has 0 fully saturated rings. The molecule has 6 heteroatoms. The van der Waals surface area contributed by atoms with Crippen LogP contribution in [0.15, 0.2) is 12.3 Å². The summed E-state index contributed by atoms with van der Waals surface area (Å²) >= 11 is 0. The van der Waals surface area contributed by atoms with Gasteiger partial charge in [0.05, 0.1) is 12.7 Å². The number of esters is 1. The zero-order valence-electron chi connectivity index (χ0n) is 7.85. The molecule has 2 aromatic heterocycles. The second kappa shape index (κ2) is 3.49. The van der Waals surface area contributed by atoms with Crippen LogP contribution in [0.1, 0.15) is 20.8 Å². The molecule has 0 saturated heterocycles. The summed E-state index contributed by atoms with van der Waals surface area (Å²) < 4.78 is 4.53. The van der Waals surface area contributed by atoms with Gasteiger partial charge in [-0.25, -0.2) is 4.79 Å². The maximum atomic E-state index is 11.2. The van der Waals surface area contributed by atoms with E-state index in [-0.39, 0.29) is 0 Å². The first-order valence-corrected chi connectivity index (χ1v) is 4.14. The van der Waals surface area contributed by atoms with E-state index in [9.17, 15) is 9.59 Å². The molecule has 0 bridgehead atoms. The summed E-state index contributed by atoms with van der Waals surface area (Å²) in [6, 6.07) is 1.51. The number of aldehydes is 1. The third kappa shape index (κ3) is 1.45. The summed E-state index contributed by atoms with van der Waals surface area (Å²) in [5.41, 5.74) is 1.49. The van der Waals surface area contributed by atoms with Crippen LogP contribution in [0.3, 0.4) is 0 Å². The van der Waals surface area contributed by atoms with Crippen molar-refractivity contribution in [1.82, 2.24) is 15.2 Å². The Kier molecular flexibility index (Phi) is 2.17. The predicted octanol–water partition coefficient (Wildman–Crippen LogP) is 0.557. The molecule has 6 nitrogen and oxygen atoms in total. The van der Waals surface area contributed by atoms with E-state index in [4.69, 9.17) is 0 Å². The largest absolute Gasteiger partial charge is 0.465 e. The smallest absolute Gasteiger partial charge is 0.339 e. The maximum absolute atomic E-state index is 11.2. The Morgan fingerprint density at radius 3 is 3.07 bits per heavy atom. The minimum Gasteiger partial charge on any atom is -0.465 e. The van der Waals surface area contributed by atoms with Crippen molar-refractivity contribution in [2.45, 2.75) is 0 Å². The van der Waals surface area contributed by atoms with Crippen molar-refractivity contribution in [2.24, 2.45) is 0 Å². The molecule has 15 heavy (non-hydrogen) atoms. The van der Waals surface area contributed by atoms with E-state index in [0.29, 0.717) is 28.6 Å². The van der Waals surface area contributed by atoms with Crippen LogP contribution in [-0.4, -0.2) is 34.5 Å². The van der Waals surface area contributed by atoms with E-state index < -0.39 is 5.97 Å². The molecule has 0 atom stereocenters. The van der Waals surface area contributed by atoms with Gasteiger partial charge in [-0.15, -0.1) is 0 Å². The summed E-state index contributed by atoms with van der Waals surface area (Å²) in [6.07, 6.45) is 1.97. The SMILES string of the molecule is COC(=O)c1cnc2c(C=O)[nH]nc2c1. The molecule has 0 unspecified atom stereocenters. The number of H-pyrrole nitrogens is 1. The van der Waals surface area contributed by atoms with Crippen molar-refractivity contribution in [1.29, 1.82) is 0 Å². The lowest BCUT2D eigenvalue weighted by Gasteiger charge is -1.97. The van der Waals surface area contributed by atoms with E-state index >= 15 is 0 Å². The number of pyridine rings is 1. The van der Waals surface area contributed by atoms with Gasteiger partial charge in [0, 0.05) is 6.20 Å². The van der Waals surface area contributed by atoms with E-state index in [2.05, 4.69) is 19.9 Å². The number of carbonyl (C=O) groups excluding carboxylic acids is 2. The average molecular weight is 205 g/mol. The highest BCUT2D eigenvalue weighted by Crippen LogP contribution is 2.13. The van der Waals surface area contributed by atoms with Gasteiger partial charge in [-0.1, -0.05) is 0 Å². The van der Waals surface area contributed by atoms with Crippen LogP contribution in [-0.2, 0) is 4.74 Å². The van der Waals surface area contributed by atoms with Gasteiger partial charge in [-0.3, -0.25) is 14.9 Å². The Bertz CT molecular complexity index is 532. The Labute approximate surface area is 84.3 Å². The number of fused-ring (bicyclic) bond motifs is 1. The maximum Gasteiger partial charge on any atom is 0.339 e. The quantitative estimate of drug-likeness (QED) is 0.571. The minimum absolute atomic E-state index is 0.293. The van der Waals surface area contributed by atoms with E-state index in [1.807, 2.05) is 0 Å². The Hall–Kier alpha value is -2.24. The lowest BCUT2D eigenvalue weighted by atomic mass is 10.2. The van der Waals surface area contributed by atoms with Crippen molar-refractivity contribution in [2.75, 3.05) is 7.11 Å². The van der Waals surface area contributed by atoms with Crippen LogP contribution in [0.25, 0.3) is 11.0 Å². The molecule has 0 saturated carbocycles. The molecule has 2 aromatic rings. The van der Waals surface area contributed by atoms with E-state index in [1.165, 1.54) is 19.4 Å². The molecule has 76 valence electrons.